The Balaban J connectivity index is 1.53. The number of methoxy groups -OCH3 is 1. The molecule has 4 aromatic rings. The monoisotopic (exact) mass is 490 g/mol. The zero-order chi connectivity index (χ0) is 24.8. The molecule has 0 radical (unpaired) electrons. The van der Waals surface area contributed by atoms with Crippen molar-refractivity contribution in [1.82, 2.24) is 14.8 Å². The van der Waals surface area contributed by atoms with Crippen LogP contribution in [0.5, 0.6) is 11.5 Å². The number of nitrogens with two attached hydrogens (primary N) is 1. The van der Waals surface area contributed by atoms with Crippen LogP contribution < -0.4 is 20.8 Å². The van der Waals surface area contributed by atoms with Gasteiger partial charge in [0.25, 0.3) is 5.56 Å². The molecular weight excluding hydrogens is 464 g/mol. The number of fused-ring (bicyclic) bond motifs is 1. The molecule has 9 heteroatoms. The Kier molecular flexibility index (Phi) is 7.67. The van der Waals surface area contributed by atoms with Gasteiger partial charge in [-0.25, -0.2) is 4.68 Å². The Morgan fingerprint density at radius 2 is 1.86 bits per heavy atom. The second-order valence-corrected chi connectivity index (χ2v) is 8.87. The Labute approximate surface area is 207 Å². The fraction of sp³-hybridized carbons (Fsp3) is 0.231. The zero-order valence-corrected chi connectivity index (χ0v) is 20.3. The van der Waals surface area contributed by atoms with Crippen LogP contribution in [-0.2, 0) is 17.8 Å². The van der Waals surface area contributed by atoms with E-state index in [0.717, 1.165) is 5.56 Å². The summed E-state index contributed by atoms with van der Waals surface area (Å²) in [5.41, 5.74) is 7.47. The van der Waals surface area contributed by atoms with E-state index in [1.807, 2.05) is 48.7 Å². The number of hydrogen-bond acceptors (Lipinski definition) is 7. The van der Waals surface area contributed by atoms with E-state index < -0.39 is 0 Å². The second kappa shape index (κ2) is 11.1. The number of pyridine rings is 1. The van der Waals surface area contributed by atoms with Crippen molar-refractivity contribution >= 4 is 28.4 Å². The second-order valence-electron chi connectivity index (χ2n) is 7.83. The van der Waals surface area contributed by atoms with Gasteiger partial charge in [0, 0.05) is 11.6 Å². The van der Waals surface area contributed by atoms with E-state index in [1.54, 1.807) is 31.5 Å². The average molecular weight is 491 g/mol. The number of amides is 1. The Morgan fingerprint density at radius 3 is 2.51 bits per heavy atom. The molecule has 0 saturated carbocycles. The Hall–Kier alpha value is -3.85. The summed E-state index contributed by atoms with van der Waals surface area (Å²) in [4.78, 5) is 29.0. The van der Waals surface area contributed by atoms with Crippen LogP contribution in [0.25, 0.3) is 22.2 Å². The van der Waals surface area contributed by atoms with Crippen LogP contribution in [0.4, 0.5) is 0 Å². The van der Waals surface area contributed by atoms with E-state index in [4.69, 9.17) is 15.2 Å². The third-order valence-electron chi connectivity index (χ3n) is 5.59. The number of aromatic nitrogens is 3. The highest BCUT2D eigenvalue weighted by atomic mass is 32.2. The van der Waals surface area contributed by atoms with Gasteiger partial charge in [-0.05, 0) is 60.7 Å². The minimum atomic E-state index is -0.324. The average Bonchev–Trinajstić information content (AvgIpc) is 2.89. The smallest absolute Gasteiger partial charge is 0.274 e. The first kappa shape index (κ1) is 24.3. The van der Waals surface area contributed by atoms with Crippen molar-refractivity contribution in [3.8, 4) is 22.9 Å². The lowest BCUT2D eigenvalue weighted by Gasteiger charge is -2.13. The van der Waals surface area contributed by atoms with Gasteiger partial charge in [0.1, 0.15) is 23.8 Å². The number of benzene rings is 2. The third-order valence-corrected chi connectivity index (χ3v) is 6.56. The van der Waals surface area contributed by atoms with Crippen molar-refractivity contribution in [2.75, 3.05) is 20.0 Å². The molecule has 180 valence electrons. The maximum Gasteiger partial charge on any atom is 0.274 e. The van der Waals surface area contributed by atoms with Crippen LogP contribution >= 0.6 is 11.8 Å². The molecule has 1 amide bonds. The summed E-state index contributed by atoms with van der Waals surface area (Å²) in [6, 6.07) is 18.4. The third kappa shape index (κ3) is 5.63. The number of carbonyl (C=O) groups excluding carboxylic acids is 1. The number of carbonyl (C=O) groups is 1. The van der Waals surface area contributed by atoms with Crippen LogP contribution in [0.3, 0.4) is 0 Å². The van der Waals surface area contributed by atoms with Crippen molar-refractivity contribution in [3.05, 3.63) is 82.8 Å². The topological polar surface area (TPSA) is 109 Å². The highest BCUT2D eigenvalue weighted by Gasteiger charge is 2.15. The number of thioether (sulfide) groups is 1. The highest BCUT2D eigenvalue weighted by molar-refractivity contribution is 7.99. The summed E-state index contributed by atoms with van der Waals surface area (Å²) >= 11 is 1.44. The number of ether oxygens (including phenoxy) is 2. The molecule has 0 aliphatic rings. The van der Waals surface area contributed by atoms with Gasteiger partial charge in [-0.3, -0.25) is 14.6 Å². The summed E-state index contributed by atoms with van der Waals surface area (Å²) in [5, 5.41) is 5.56. The molecule has 0 saturated heterocycles. The van der Waals surface area contributed by atoms with E-state index >= 15 is 0 Å². The van der Waals surface area contributed by atoms with Gasteiger partial charge in [0.2, 0.25) is 5.91 Å². The molecule has 2 aromatic carbocycles. The van der Waals surface area contributed by atoms with Crippen molar-refractivity contribution in [2.45, 2.75) is 18.2 Å². The summed E-state index contributed by atoms with van der Waals surface area (Å²) in [7, 11) is 1.58. The molecule has 2 N–H and O–H groups in total. The lowest BCUT2D eigenvalue weighted by Crippen LogP contribution is -2.27. The molecule has 1 atom stereocenters. The van der Waals surface area contributed by atoms with E-state index in [2.05, 4.69) is 10.1 Å². The van der Waals surface area contributed by atoms with Crippen molar-refractivity contribution < 1.29 is 14.3 Å². The molecule has 0 spiro atoms. The lowest BCUT2D eigenvalue weighted by molar-refractivity contribution is -0.117. The molecule has 1 unspecified atom stereocenters. The van der Waals surface area contributed by atoms with E-state index in [9.17, 15) is 9.59 Å². The highest BCUT2D eigenvalue weighted by Crippen LogP contribution is 2.26. The predicted octanol–water partition coefficient (Wildman–Crippen LogP) is 3.31. The molecule has 35 heavy (non-hydrogen) atoms. The lowest BCUT2D eigenvalue weighted by atomic mass is 10.1. The molecule has 4 rings (SSSR count). The van der Waals surface area contributed by atoms with Crippen molar-refractivity contribution in [1.29, 1.82) is 0 Å². The minimum Gasteiger partial charge on any atom is -0.497 e. The van der Waals surface area contributed by atoms with Gasteiger partial charge >= 0.3 is 0 Å². The van der Waals surface area contributed by atoms with Gasteiger partial charge in [0.05, 0.1) is 30.0 Å². The summed E-state index contributed by atoms with van der Waals surface area (Å²) in [5.74, 6) is 0.979. The molecular formula is C26H26N4O4S. The first-order valence-corrected chi connectivity index (χ1v) is 12.3. The Bertz CT molecular complexity index is 1370. The van der Waals surface area contributed by atoms with E-state index in [1.165, 1.54) is 16.4 Å². The number of nitrogens with zero attached hydrogens (tertiary/aromatic N) is 3. The molecule has 0 aliphatic heterocycles. The maximum atomic E-state index is 13.1. The Morgan fingerprint density at radius 1 is 1.09 bits per heavy atom. The standard InChI is InChI=1S/C26H26N4O4S/c1-33-19-10-11-20-21(16-19)24(22-5-3-4-12-28-22)29-30(26(20)32)13-14-34-18-8-6-17(7-9-18)15-23(35-2)25(27)31/h3-12,16,23H,13-15H2,1-2H3,(H2,27,31). The van der Waals surface area contributed by atoms with Gasteiger partial charge in [-0.2, -0.15) is 16.9 Å². The van der Waals surface area contributed by atoms with Gasteiger partial charge < -0.3 is 15.2 Å². The fourth-order valence-corrected chi connectivity index (χ4v) is 4.31. The van der Waals surface area contributed by atoms with Crippen molar-refractivity contribution in [3.63, 3.8) is 0 Å². The molecule has 8 nitrogen and oxygen atoms in total. The summed E-state index contributed by atoms with van der Waals surface area (Å²) < 4.78 is 12.6. The minimum absolute atomic E-state index is 0.212. The van der Waals surface area contributed by atoms with Crippen molar-refractivity contribution in [2.24, 2.45) is 5.73 Å². The van der Waals surface area contributed by atoms with Gasteiger partial charge in [0.15, 0.2) is 0 Å². The fourth-order valence-electron chi connectivity index (χ4n) is 3.72. The van der Waals surface area contributed by atoms with E-state index in [-0.39, 0.29) is 29.9 Å². The number of hydrogen-bond donors (Lipinski definition) is 1. The first-order valence-electron chi connectivity index (χ1n) is 11.0. The van der Waals surface area contributed by atoms with Crippen LogP contribution in [0.15, 0.2) is 71.7 Å². The van der Waals surface area contributed by atoms with Crippen LogP contribution in [-0.4, -0.2) is 45.9 Å². The maximum absolute atomic E-state index is 13.1. The summed E-state index contributed by atoms with van der Waals surface area (Å²) in [6.07, 6.45) is 4.12. The molecule has 2 aromatic heterocycles. The predicted molar refractivity (Wildman–Crippen MR) is 138 cm³/mol. The summed E-state index contributed by atoms with van der Waals surface area (Å²) in [6.45, 7) is 0.517. The SMILES string of the molecule is COc1ccc2c(=O)n(CCOc3ccc(CC(SC)C(N)=O)cc3)nc(-c3ccccn3)c2c1. The van der Waals surface area contributed by atoms with Crippen LogP contribution in [0.2, 0.25) is 0 Å². The van der Waals surface area contributed by atoms with Gasteiger partial charge in [-0.1, -0.05) is 18.2 Å². The number of primary amides is 1. The largest absolute Gasteiger partial charge is 0.497 e. The molecule has 0 fully saturated rings. The molecule has 2 heterocycles. The van der Waals surface area contributed by atoms with Gasteiger partial charge in [-0.15, -0.1) is 0 Å². The zero-order valence-electron chi connectivity index (χ0n) is 19.5. The van der Waals surface area contributed by atoms with Crippen LogP contribution in [0, 0.1) is 0 Å². The molecule has 0 bridgehead atoms. The quantitative estimate of drug-likeness (QED) is 0.363. The number of rotatable bonds is 10. The molecule has 0 aliphatic carbocycles. The first-order chi connectivity index (χ1) is 17.0. The normalized spacial score (nSPS) is 11.8. The van der Waals surface area contributed by atoms with E-state index in [0.29, 0.717) is 40.1 Å². The van der Waals surface area contributed by atoms with Crippen LogP contribution in [0.1, 0.15) is 5.56 Å².